The molecule has 22 heavy (non-hydrogen) atoms. The second-order valence-corrected chi connectivity index (χ2v) is 5.89. The summed E-state index contributed by atoms with van der Waals surface area (Å²) in [6, 6.07) is 5.71. The molecule has 0 bridgehead atoms. The Morgan fingerprint density at radius 2 is 2.05 bits per heavy atom. The van der Waals surface area contributed by atoms with Crippen molar-refractivity contribution in [1.82, 2.24) is 10.3 Å². The molecule has 1 aliphatic carbocycles. The lowest BCUT2D eigenvalue weighted by Gasteiger charge is -2.29. The zero-order valence-corrected chi connectivity index (χ0v) is 12.7. The van der Waals surface area contributed by atoms with Crippen LogP contribution in [0, 0.1) is 0 Å². The number of aromatic nitrogens is 1. The summed E-state index contributed by atoms with van der Waals surface area (Å²) in [6.07, 6.45) is 5.79. The van der Waals surface area contributed by atoms with Crippen molar-refractivity contribution in [3.63, 3.8) is 0 Å². The average Bonchev–Trinajstić information content (AvgIpc) is 2.52. The van der Waals surface area contributed by atoms with Crippen LogP contribution in [0.15, 0.2) is 30.6 Å². The normalized spacial score (nSPS) is 21.5. The molecule has 1 saturated carbocycles. The Hall–Kier alpha value is -2.01. The number of rotatable bonds is 3. The first-order chi connectivity index (χ1) is 10.6. The number of hydrogen-bond acceptors (Lipinski definition) is 3. The van der Waals surface area contributed by atoms with Crippen LogP contribution in [0.2, 0.25) is 5.02 Å². The maximum absolute atomic E-state index is 10.6. The molecule has 1 heterocycles. The van der Waals surface area contributed by atoms with Crippen LogP contribution in [-0.4, -0.2) is 28.3 Å². The van der Waals surface area contributed by atoms with E-state index in [1.165, 1.54) is 0 Å². The van der Waals surface area contributed by atoms with Crippen molar-refractivity contribution in [3.8, 4) is 5.75 Å². The highest BCUT2D eigenvalue weighted by Crippen LogP contribution is 2.34. The van der Waals surface area contributed by atoms with Crippen LogP contribution in [0.4, 0.5) is 4.79 Å². The third-order valence-electron chi connectivity index (χ3n) is 4.01. The lowest BCUT2D eigenvalue weighted by Crippen LogP contribution is -2.38. The summed E-state index contributed by atoms with van der Waals surface area (Å²) in [5, 5.41) is 13.8. The van der Waals surface area contributed by atoms with Gasteiger partial charge in [0, 0.05) is 29.2 Å². The van der Waals surface area contributed by atoms with Crippen molar-refractivity contribution >= 4 is 28.5 Å². The van der Waals surface area contributed by atoms with Gasteiger partial charge in [0.05, 0.1) is 11.1 Å². The van der Waals surface area contributed by atoms with Gasteiger partial charge in [-0.15, -0.1) is 0 Å². The monoisotopic (exact) mass is 320 g/mol. The van der Waals surface area contributed by atoms with Crippen molar-refractivity contribution in [2.24, 2.45) is 0 Å². The van der Waals surface area contributed by atoms with Crippen molar-refractivity contribution in [1.29, 1.82) is 0 Å². The minimum Gasteiger partial charge on any atom is -0.489 e. The molecule has 0 unspecified atom stereocenters. The summed E-state index contributed by atoms with van der Waals surface area (Å²) >= 11 is 6.42. The van der Waals surface area contributed by atoms with Gasteiger partial charge in [0.25, 0.3) is 0 Å². The molecule has 0 aliphatic heterocycles. The lowest BCUT2D eigenvalue weighted by atomic mass is 9.93. The van der Waals surface area contributed by atoms with Crippen LogP contribution in [0.25, 0.3) is 10.8 Å². The maximum Gasteiger partial charge on any atom is 0.404 e. The fourth-order valence-corrected chi connectivity index (χ4v) is 3.16. The second kappa shape index (κ2) is 6.40. The van der Waals surface area contributed by atoms with Crippen LogP contribution in [0.1, 0.15) is 25.7 Å². The molecule has 1 aliphatic rings. The largest absolute Gasteiger partial charge is 0.489 e. The summed E-state index contributed by atoms with van der Waals surface area (Å²) in [4.78, 5) is 14.7. The van der Waals surface area contributed by atoms with Crippen molar-refractivity contribution in [3.05, 3.63) is 35.6 Å². The Kier molecular flexibility index (Phi) is 4.34. The van der Waals surface area contributed by atoms with Crippen LogP contribution in [0.3, 0.4) is 0 Å². The zero-order chi connectivity index (χ0) is 15.5. The Labute approximate surface area is 133 Å². The first-order valence-electron chi connectivity index (χ1n) is 7.32. The van der Waals surface area contributed by atoms with Crippen LogP contribution < -0.4 is 10.1 Å². The van der Waals surface area contributed by atoms with Gasteiger partial charge in [0.2, 0.25) is 0 Å². The van der Waals surface area contributed by atoms with E-state index in [9.17, 15) is 4.79 Å². The smallest absolute Gasteiger partial charge is 0.404 e. The van der Waals surface area contributed by atoms with E-state index < -0.39 is 6.09 Å². The first-order valence-corrected chi connectivity index (χ1v) is 7.69. The predicted molar refractivity (Wildman–Crippen MR) is 84.6 cm³/mol. The molecule has 0 spiro atoms. The van der Waals surface area contributed by atoms with Gasteiger partial charge in [-0.2, -0.15) is 0 Å². The van der Waals surface area contributed by atoms with E-state index in [2.05, 4.69) is 10.3 Å². The molecule has 3 rings (SSSR count). The number of fused-ring (bicyclic) bond motifs is 1. The second-order valence-electron chi connectivity index (χ2n) is 5.52. The number of carboxylic acid groups (broad SMARTS) is 1. The summed E-state index contributed by atoms with van der Waals surface area (Å²) in [6.45, 7) is 0. The number of halogens is 1. The minimum absolute atomic E-state index is 0.0236. The molecular formula is C16H17ClN2O3. The highest BCUT2D eigenvalue weighted by molar-refractivity contribution is 6.37. The number of pyridine rings is 1. The number of hydrogen-bond donors (Lipinski definition) is 2. The third kappa shape index (κ3) is 3.25. The standard InChI is InChI=1S/C16H17ClN2O3/c17-15-13-7-8-18-9-10(13)1-6-14(15)22-12-4-2-11(3-5-12)19-16(20)21/h1,6-9,11-12,19H,2-5H2,(H,20,21). The van der Waals surface area contributed by atoms with Crippen molar-refractivity contribution < 1.29 is 14.6 Å². The van der Waals surface area contributed by atoms with Gasteiger partial charge in [0.15, 0.2) is 0 Å². The van der Waals surface area contributed by atoms with E-state index in [4.69, 9.17) is 21.4 Å². The van der Waals surface area contributed by atoms with Crippen LogP contribution in [-0.2, 0) is 0 Å². The van der Waals surface area contributed by atoms with Gasteiger partial charge < -0.3 is 15.2 Å². The van der Waals surface area contributed by atoms with Gasteiger partial charge in [-0.25, -0.2) is 4.79 Å². The number of ether oxygens (including phenoxy) is 1. The molecular weight excluding hydrogens is 304 g/mol. The number of amides is 1. The summed E-state index contributed by atoms with van der Waals surface area (Å²) in [5.74, 6) is 0.676. The van der Waals surface area contributed by atoms with Gasteiger partial charge in [0.1, 0.15) is 5.75 Å². The Morgan fingerprint density at radius 1 is 1.27 bits per heavy atom. The maximum atomic E-state index is 10.6. The molecule has 0 saturated heterocycles. The third-order valence-corrected chi connectivity index (χ3v) is 4.40. The minimum atomic E-state index is -0.962. The number of carbonyl (C=O) groups is 1. The predicted octanol–water partition coefficient (Wildman–Crippen LogP) is 3.85. The molecule has 2 aromatic rings. The fourth-order valence-electron chi connectivity index (χ4n) is 2.88. The van der Waals surface area contributed by atoms with E-state index in [1.54, 1.807) is 12.4 Å². The van der Waals surface area contributed by atoms with E-state index in [0.717, 1.165) is 36.5 Å². The van der Waals surface area contributed by atoms with Gasteiger partial charge >= 0.3 is 6.09 Å². The zero-order valence-electron chi connectivity index (χ0n) is 12.0. The molecule has 6 heteroatoms. The average molecular weight is 321 g/mol. The molecule has 1 aromatic heterocycles. The van der Waals surface area contributed by atoms with Crippen LogP contribution >= 0.6 is 11.6 Å². The molecule has 0 atom stereocenters. The van der Waals surface area contributed by atoms with Crippen LogP contribution in [0.5, 0.6) is 5.75 Å². The SMILES string of the molecule is O=C(O)NC1CCC(Oc2ccc3cnccc3c2Cl)CC1. The molecule has 1 amide bonds. The van der Waals surface area contributed by atoms with E-state index in [1.807, 2.05) is 18.2 Å². The number of benzene rings is 1. The highest BCUT2D eigenvalue weighted by atomic mass is 35.5. The van der Waals surface area contributed by atoms with Gasteiger partial charge in [-0.3, -0.25) is 4.98 Å². The Bertz CT molecular complexity index is 684. The molecule has 1 aromatic carbocycles. The number of nitrogens with zero attached hydrogens (tertiary/aromatic N) is 1. The van der Waals surface area contributed by atoms with Crippen molar-refractivity contribution in [2.75, 3.05) is 0 Å². The quantitative estimate of drug-likeness (QED) is 0.901. The van der Waals surface area contributed by atoms with Crippen molar-refractivity contribution in [2.45, 2.75) is 37.8 Å². The molecule has 2 N–H and O–H groups in total. The Balaban J connectivity index is 1.67. The summed E-state index contributed by atoms with van der Waals surface area (Å²) in [5.41, 5.74) is 0. The van der Waals surface area contributed by atoms with Gasteiger partial charge in [-0.05, 0) is 43.9 Å². The summed E-state index contributed by atoms with van der Waals surface area (Å²) < 4.78 is 6.02. The molecule has 5 nitrogen and oxygen atoms in total. The number of nitrogens with one attached hydrogen (secondary N) is 1. The highest BCUT2D eigenvalue weighted by Gasteiger charge is 2.24. The Morgan fingerprint density at radius 3 is 2.77 bits per heavy atom. The molecule has 0 radical (unpaired) electrons. The summed E-state index contributed by atoms with van der Waals surface area (Å²) in [7, 11) is 0. The van der Waals surface area contributed by atoms with Gasteiger partial charge in [-0.1, -0.05) is 11.6 Å². The lowest BCUT2D eigenvalue weighted by molar-refractivity contribution is 0.134. The fraction of sp³-hybridized carbons (Fsp3) is 0.375. The first kappa shape index (κ1) is 14.9. The van der Waals surface area contributed by atoms with E-state index in [-0.39, 0.29) is 12.1 Å². The van der Waals surface area contributed by atoms with E-state index >= 15 is 0 Å². The topological polar surface area (TPSA) is 71.5 Å². The molecule has 116 valence electrons. The molecule has 1 fully saturated rings. The van der Waals surface area contributed by atoms with E-state index in [0.29, 0.717) is 10.8 Å².